The van der Waals surface area contributed by atoms with Crippen molar-refractivity contribution in [3.63, 3.8) is 0 Å². The molecular formula is C17H18O6. The first-order valence-corrected chi connectivity index (χ1v) is 8.15. The first kappa shape index (κ1) is 14.6. The highest BCUT2D eigenvalue weighted by atomic mass is 16.6. The van der Waals surface area contributed by atoms with E-state index in [1.54, 1.807) is 0 Å². The van der Waals surface area contributed by atoms with Gasteiger partial charge in [0, 0.05) is 0 Å². The van der Waals surface area contributed by atoms with Crippen molar-refractivity contribution in [1.82, 2.24) is 0 Å². The van der Waals surface area contributed by atoms with Crippen molar-refractivity contribution in [1.29, 1.82) is 0 Å². The molecule has 122 valence electrons. The van der Waals surface area contributed by atoms with Crippen LogP contribution < -0.4 is 0 Å². The lowest BCUT2D eigenvalue weighted by atomic mass is 9.53. The number of carbonyl (C=O) groups excluding carboxylic acids is 4. The Morgan fingerprint density at radius 3 is 2.48 bits per heavy atom. The lowest BCUT2D eigenvalue weighted by molar-refractivity contribution is -0.157. The molecule has 2 aliphatic carbocycles. The summed E-state index contributed by atoms with van der Waals surface area (Å²) in [7, 11) is 0. The van der Waals surface area contributed by atoms with Crippen molar-refractivity contribution in [2.75, 3.05) is 0 Å². The number of rotatable bonds is 1. The van der Waals surface area contributed by atoms with Gasteiger partial charge in [0.1, 0.15) is 0 Å². The third kappa shape index (κ3) is 1.93. The number of hydrogen-bond donors (Lipinski definition) is 0. The van der Waals surface area contributed by atoms with Gasteiger partial charge in [-0.05, 0) is 37.0 Å². The van der Waals surface area contributed by atoms with Gasteiger partial charge in [0.15, 0.2) is 0 Å². The minimum Gasteiger partial charge on any atom is -0.393 e. The van der Waals surface area contributed by atoms with Gasteiger partial charge in [-0.1, -0.05) is 18.9 Å². The largest absolute Gasteiger partial charge is 0.393 e. The van der Waals surface area contributed by atoms with Crippen molar-refractivity contribution < 1.29 is 28.7 Å². The fourth-order valence-electron chi connectivity index (χ4n) is 5.02. The molecule has 0 aromatic rings. The summed E-state index contributed by atoms with van der Waals surface area (Å²) < 4.78 is 9.60. The molecule has 0 spiro atoms. The Morgan fingerprint density at radius 1 is 1.00 bits per heavy atom. The number of allylic oxidation sites excluding steroid dienone is 1. The lowest BCUT2D eigenvalue weighted by Crippen LogP contribution is -2.45. The normalized spacial score (nSPS) is 40.0. The fourth-order valence-corrected chi connectivity index (χ4v) is 5.02. The molecule has 6 nitrogen and oxygen atoms in total. The molecule has 4 atom stereocenters. The maximum Gasteiger partial charge on any atom is 0.342 e. The van der Waals surface area contributed by atoms with Crippen LogP contribution in [0.1, 0.15) is 45.4 Å². The fraction of sp³-hybridized carbons (Fsp3) is 0.647. The van der Waals surface area contributed by atoms with Gasteiger partial charge < -0.3 is 9.47 Å². The van der Waals surface area contributed by atoms with Crippen LogP contribution in [-0.4, -0.2) is 23.9 Å². The van der Waals surface area contributed by atoms with Gasteiger partial charge in [0.2, 0.25) is 0 Å². The summed E-state index contributed by atoms with van der Waals surface area (Å²) in [6.07, 6.45) is 4.03. The smallest absolute Gasteiger partial charge is 0.342 e. The highest BCUT2D eigenvalue weighted by molar-refractivity contribution is 6.08. The molecule has 3 fully saturated rings. The summed E-state index contributed by atoms with van der Waals surface area (Å²) in [5.74, 6) is -3.15. The van der Waals surface area contributed by atoms with E-state index >= 15 is 0 Å². The Kier molecular flexibility index (Phi) is 3.02. The van der Waals surface area contributed by atoms with Gasteiger partial charge in [-0.2, -0.15) is 0 Å². The minimum absolute atomic E-state index is 0.0319. The Balaban J connectivity index is 1.82. The van der Waals surface area contributed by atoms with Gasteiger partial charge in [0.05, 0.1) is 23.8 Å². The molecule has 0 aromatic heterocycles. The standard InChI is InChI=1S/C17H18O6/c1-17(11-6-12(18)22-15(11)20)7-9-13(16(21)23-14(9)19)8-4-2-3-5-10(8)17/h9-11H,2-7H2,1H3. The molecule has 4 unspecified atom stereocenters. The number of esters is 4. The summed E-state index contributed by atoms with van der Waals surface area (Å²) in [5.41, 5.74) is 0.949. The van der Waals surface area contributed by atoms with Crippen LogP contribution in [0.15, 0.2) is 11.1 Å². The first-order chi connectivity index (χ1) is 10.9. The summed E-state index contributed by atoms with van der Waals surface area (Å²) in [5, 5.41) is 0. The van der Waals surface area contributed by atoms with Gasteiger partial charge in [-0.15, -0.1) is 0 Å². The van der Waals surface area contributed by atoms with Crippen molar-refractivity contribution in [2.24, 2.45) is 23.2 Å². The molecule has 0 bridgehead atoms. The van der Waals surface area contributed by atoms with E-state index in [0.717, 1.165) is 31.3 Å². The molecular weight excluding hydrogens is 300 g/mol. The Labute approximate surface area is 133 Å². The second-order valence-electron chi connectivity index (χ2n) is 7.26. The van der Waals surface area contributed by atoms with Crippen LogP contribution >= 0.6 is 0 Å². The van der Waals surface area contributed by atoms with Crippen LogP contribution in [0, 0.1) is 23.2 Å². The quantitative estimate of drug-likeness (QED) is 0.540. The van der Waals surface area contributed by atoms with E-state index in [9.17, 15) is 19.2 Å². The summed E-state index contributed by atoms with van der Waals surface area (Å²) >= 11 is 0. The van der Waals surface area contributed by atoms with Crippen LogP contribution in [0.5, 0.6) is 0 Å². The maximum absolute atomic E-state index is 12.2. The number of fused-ring (bicyclic) bond motifs is 2. The van der Waals surface area contributed by atoms with Crippen LogP contribution in [0.25, 0.3) is 0 Å². The second kappa shape index (κ2) is 4.76. The molecule has 4 aliphatic rings. The molecule has 0 aromatic carbocycles. The third-order valence-corrected chi connectivity index (χ3v) is 6.11. The van der Waals surface area contributed by atoms with Gasteiger partial charge in [-0.25, -0.2) is 4.79 Å². The molecule has 0 N–H and O–H groups in total. The topological polar surface area (TPSA) is 86.7 Å². The van der Waals surface area contributed by atoms with Crippen LogP contribution in [-0.2, 0) is 28.7 Å². The molecule has 23 heavy (non-hydrogen) atoms. The molecule has 2 aliphatic heterocycles. The highest BCUT2D eigenvalue weighted by Crippen LogP contribution is 2.58. The lowest BCUT2D eigenvalue weighted by Gasteiger charge is -2.48. The van der Waals surface area contributed by atoms with Crippen molar-refractivity contribution in [2.45, 2.75) is 45.4 Å². The number of carbonyl (C=O) groups is 4. The zero-order chi connectivity index (χ0) is 16.4. The number of hydrogen-bond acceptors (Lipinski definition) is 6. The third-order valence-electron chi connectivity index (χ3n) is 6.11. The van der Waals surface area contributed by atoms with Gasteiger partial charge in [-0.3, -0.25) is 14.4 Å². The monoisotopic (exact) mass is 318 g/mol. The Morgan fingerprint density at radius 2 is 1.78 bits per heavy atom. The average molecular weight is 318 g/mol. The van der Waals surface area contributed by atoms with Crippen LogP contribution in [0.3, 0.4) is 0 Å². The Bertz CT molecular complexity index is 675. The first-order valence-electron chi connectivity index (χ1n) is 8.15. The van der Waals surface area contributed by atoms with Crippen molar-refractivity contribution in [3.8, 4) is 0 Å². The summed E-state index contributed by atoms with van der Waals surface area (Å²) in [4.78, 5) is 47.9. The summed E-state index contributed by atoms with van der Waals surface area (Å²) in [6.45, 7) is 1.96. The van der Waals surface area contributed by atoms with Gasteiger partial charge >= 0.3 is 23.9 Å². The number of cyclic esters (lactones) is 4. The maximum atomic E-state index is 12.2. The molecule has 6 heteroatoms. The van der Waals surface area contributed by atoms with E-state index < -0.39 is 41.1 Å². The zero-order valence-corrected chi connectivity index (χ0v) is 12.9. The molecule has 1 saturated carbocycles. The van der Waals surface area contributed by atoms with E-state index in [-0.39, 0.29) is 12.3 Å². The highest BCUT2D eigenvalue weighted by Gasteiger charge is 2.59. The minimum atomic E-state index is -0.597. The number of ether oxygens (including phenoxy) is 2. The van der Waals surface area contributed by atoms with E-state index in [0.29, 0.717) is 12.0 Å². The zero-order valence-electron chi connectivity index (χ0n) is 12.9. The van der Waals surface area contributed by atoms with Gasteiger partial charge in [0.25, 0.3) is 0 Å². The second-order valence-corrected chi connectivity index (χ2v) is 7.26. The molecule has 0 radical (unpaired) electrons. The molecule has 2 saturated heterocycles. The van der Waals surface area contributed by atoms with Crippen molar-refractivity contribution >= 4 is 23.9 Å². The SMILES string of the molecule is CC1(C2CC(=O)OC2=O)CC2C(=O)OC(=O)C2=C2CCCCC21. The van der Waals surface area contributed by atoms with Crippen LogP contribution in [0.4, 0.5) is 0 Å². The van der Waals surface area contributed by atoms with E-state index in [1.807, 2.05) is 6.92 Å². The van der Waals surface area contributed by atoms with E-state index in [4.69, 9.17) is 9.47 Å². The molecule has 0 amide bonds. The van der Waals surface area contributed by atoms with E-state index in [2.05, 4.69) is 0 Å². The van der Waals surface area contributed by atoms with Crippen LogP contribution in [0.2, 0.25) is 0 Å². The molecule has 2 heterocycles. The predicted molar refractivity (Wildman–Crippen MR) is 75.5 cm³/mol. The Hall–Kier alpha value is -1.98. The summed E-state index contributed by atoms with van der Waals surface area (Å²) in [6, 6.07) is 0. The molecule has 4 rings (SSSR count). The predicted octanol–water partition coefficient (Wildman–Crippen LogP) is 1.67. The van der Waals surface area contributed by atoms with E-state index in [1.165, 1.54) is 0 Å². The average Bonchev–Trinajstić information content (AvgIpc) is 2.99. The van der Waals surface area contributed by atoms with Crippen molar-refractivity contribution in [3.05, 3.63) is 11.1 Å².